The summed E-state index contributed by atoms with van der Waals surface area (Å²) in [6.07, 6.45) is 1.36. The Morgan fingerprint density at radius 3 is 2.45 bits per heavy atom. The van der Waals surface area contributed by atoms with E-state index in [9.17, 15) is 14.4 Å². The maximum Gasteiger partial charge on any atom is 0.340 e. The molecule has 1 heterocycles. The smallest absolute Gasteiger partial charge is 0.340 e. The van der Waals surface area contributed by atoms with Crippen molar-refractivity contribution in [2.24, 2.45) is 0 Å². The number of carbonyl (C=O) groups excluding carboxylic acids is 3. The van der Waals surface area contributed by atoms with Gasteiger partial charge in [-0.1, -0.05) is 35.3 Å². The van der Waals surface area contributed by atoms with E-state index in [1.54, 1.807) is 24.3 Å². The minimum atomic E-state index is -0.773. The van der Waals surface area contributed by atoms with Crippen molar-refractivity contribution < 1.29 is 23.5 Å². The highest BCUT2D eigenvalue weighted by molar-refractivity contribution is 6.42. The molecule has 0 unspecified atom stereocenters. The fraction of sp³-hybridized carbons (Fsp3) is 0.0500. The maximum atomic E-state index is 12.4. The van der Waals surface area contributed by atoms with E-state index in [2.05, 4.69) is 10.6 Å². The Hall–Kier alpha value is -3.29. The van der Waals surface area contributed by atoms with Crippen molar-refractivity contribution in [2.45, 2.75) is 0 Å². The highest BCUT2D eigenvalue weighted by atomic mass is 35.5. The molecule has 0 saturated carbocycles. The van der Waals surface area contributed by atoms with Crippen LogP contribution in [-0.2, 0) is 9.53 Å². The van der Waals surface area contributed by atoms with Crippen molar-refractivity contribution in [3.8, 4) is 0 Å². The number of carbonyl (C=O) groups is 3. The number of para-hydroxylation sites is 1. The van der Waals surface area contributed by atoms with Gasteiger partial charge in [-0.05, 0) is 42.5 Å². The zero-order valence-corrected chi connectivity index (χ0v) is 16.3. The van der Waals surface area contributed by atoms with E-state index < -0.39 is 24.4 Å². The summed E-state index contributed by atoms with van der Waals surface area (Å²) in [7, 11) is 0. The lowest BCUT2D eigenvalue weighted by atomic mass is 10.1. The molecular formula is C20H14Cl2N2O5. The van der Waals surface area contributed by atoms with Crippen LogP contribution in [0.3, 0.4) is 0 Å². The lowest BCUT2D eigenvalue weighted by Crippen LogP contribution is -2.22. The number of hydrogen-bond donors (Lipinski definition) is 2. The van der Waals surface area contributed by atoms with Crippen molar-refractivity contribution in [3.63, 3.8) is 0 Å². The average molecular weight is 433 g/mol. The van der Waals surface area contributed by atoms with Crippen molar-refractivity contribution in [2.75, 3.05) is 17.2 Å². The first-order valence-electron chi connectivity index (χ1n) is 8.30. The molecule has 0 spiro atoms. The summed E-state index contributed by atoms with van der Waals surface area (Å²) >= 11 is 11.7. The van der Waals surface area contributed by atoms with Gasteiger partial charge in [0.2, 0.25) is 0 Å². The number of hydrogen-bond acceptors (Lipinski definition) is 5. The number of benzene rings is 2. The van der Waals surface area contributed by atoms with E-state index in [0.29, 0.717) is 10.7 Å². The number of ether oxygens (including phenoxy) is 1. The van der Waals surface area contributed by atoms with Gasteiger partial charge in [-0.2, -0.15) is 0 Å². The van der Waals surface area contributed by atoms with Gasteiger partial charge in [-0.3, -0.25) is 9.59 Å². The van der Waals surface area contributed by atoms with Crippen molar-refractivity contribution in [1.29, 1.82) is 0 Å². The Morgan fingerprint density at radius 1 is 0.931 bits per heavy atom. The summed E-state index contributed by atoms with van der Waals surface area (Å²) in [5.41, 5.74) is 0.727. The number of amides is 2. The average Bonchev–Trinajstić information content (AvgIpc) is 3.24. The summed E-state index contributed by atoms with van der Waals surface area (Å²) < 4.78 is 10.1. The van der Waals surface area contributed by atoms with E-state index in [1.165, 1.54) is 36.6 Å². The summed E-state index contributed by atoms with van der Waals surface area (Å²) in [5.74, 6) is -1.76. The van der Waals surface area contributed by atoms with Crippen LogP contribution in [0.25, 0.3) is 0 Å². The largest absolute Gasteiger partial charge is 0.459 e. The zero-order chi connectivity index (χ0) is 20.8. The highest BCUT2D eigenvalue weighted by Crippen LogP contribution is 2.25. The lowest BCUT2D eigenvalue weighted by Gasteiger charge is -2.11. The van der Waals surface area contributed by atoms with Crippen LogP contribution in [0.2, 0.25) is 10.0 Å². The molecular weight excluding hydrogens is 419 g/mol. The normalized spacial score (nSPS) is 10.3. The van der Waals surface area contributed by atoms with Gasteiger partial charge in [0.25, 0.3) is 11.8 Å². The molecule has 3 rings (SSSR count). The third kappa shape index (κ3) is 5.37. The molecule has 7 nitrogen and oxygen atoms in total. The second-order valence-electron chi connectivity index (χ2n) is 5.73. The Morgan fingerprint density at radius 2 is 1.72 bits per heavy atom. The standard InChI is InChI=1S/C20H14Cl2N2O5/c21-14-8-7-12(10-15(14)22)23-18(25)11-29-20(27)13-4-1-2-5-16(13)24-19(26)17-6-3-9-28-17/h1-10H,11H2,(H,23,25)(H,24,26). The Balaban J connectivity index is 1.61. The molecule has 148 valence electrons. The molecule has 0 radical (unpaired) electrons. The van der Waals surface area contributed by atoms with Gasteiger partial charge in [-0.25, -0.2) is 4.79 Å². The minimum absolute atomic E-state index is 0.0918. The number of nitrogens with one attached hydrogen (secondary N) is 2. The SMILES string of the molecule is O=C(COC(=O)c1ccccc1NC(=O)c1ccco1)Nc1ccc(Cl)c(Cl)c1. The van der Waals surface area contributed by atoms with Crippen LogP contribution in [0.15, 0.2) is 65.3 Å². The Bertz CT molecular complexity index is 1050. The van der Waals surface area contributed by atoms with Crippen LogP contribution in [-0.4, -0.2) is 24.4 Å². The van der Waals surface area contributed by atoms with Crippen molar-refractivity contribution >= 4 is 52.4 Å². The molecule has 0 aliphatic carbocycles. The molecule has 0 bridgehead atoms. The van der Waals surface area contributed by atoms with Crippen molar-refractivity contribution in [1.82, 2.24) is 0 Å². The summed E-state index contributed by atoms with van der Waals surface area (Å²) in [5, 5.41) is 5.74. The molecule has 3 aromatic rings. The summed E-state index contributed by atoms with van der Waals surface area (Å²) in [6.45, 7) is -0.528. The molecule has 0 saturated heterocycles. The second kappa shape index (κ2) is 9.27. The minimum Gasteiger partial charge on any atom is -0.459 e. The van der Waals surface area contributed by atoms with Gasteiger partial charge in [0, 0.05) is 5.69 Å². The van der Waals surface area contributed by atoms with Crippen LogP contribution >= 0.6 is 23.2 Å². The molecule has 9 heteroatoms. The lowest BCUT2D eigenvalue weighted by molar-refractivity contribution is -0.119. The van der Waals surface area contributed by atoms with Gasteiger partial charge >= 0.3 is 5.97 Å². The quantitative estimate of drug-likeness (QED) is 0.553. The third-order valence-corrected chi connectivity index (χ3v) is 4.42. The molecule has 0 atom stereocenters. The van der Waals surface area contributed by atoms with E-state index in [1.807, 2.05) is 0 Å². The Kier molecular flexibility index (Phi) is 6.54. The monoisotopic (exact) mass is 432 g/mol. The first-order valence-corrected chi connectivity index (χ1v) is 9.05. The van der Waals surface area contributed by atoms with Crippen LogP contribution < -0.4 is 10.6 Å². The van der Waals surface area contributed by atoms with Crippen LogP contribution in [0.1, 0.15) is 20.9 Å². The number of anilines is 2. The predicted molar refractivity (Wildman–Crippen MR) is 108 cm³/mol. The fourth-order valence-corrected chi connectivity index (χ4v) is 2.64. The zero-order valence-electron chi connectivity index (χ0n) is 14.8. The Labute approximate surface area is 175 Å². The van der Waals surface area contributed by atoms with Gasteiger partial charge in [0.15, 0.2) is 12.4 Å². The molecule has 0 aliphatic rings. The van der Waals surface area contributed by atoms with Crippen LogP contribution in [0, 0.1) is 0 Å². The number of esters is 1. The molecule has 2 aromatic carbocycles. The molecule has 2 amide bonds. The van der Waals surface area contributed by atoms with Crippen LogP contribution in [0.4, 0.5) is 11.4 Å². The second-order valence-corrected chi connectivity index (χ2v) is 6.54. The molecule has 0 aliphatic heterocycles. The molecule has 0 fully saturated rings. The van der Waals surface area contributed by atoms with E-state index in [0.717, 1.165) is 0 Å². The number of furan rings is 1. The van der Waals surface area contributed by atoms with Crippen LogP contribution in [0.5, 0.6) is 0 Å². The third-order valence-electron chi connectivity index (χ3n) is 3.68. The topological polar surface area (TPSA) is 97.6 Å². The van der Waals surface area contributed by atoms with E-state index in [-0.39, 0.29) is 22.0 Å². The number of halogens is 2. The predicted octanol–water partition coefficient (Wildman–Crippen LogP) is 4.63. The van der Waals surface area contributed by atoms with Gasteiger partial charge < -0.3 is 19.8 Å². The molecule has 1 aromatic heterocycles. The molecule has 29 heavy (non-hydrogen) atoms. The fourth-order valence-electron chi connectivity index (χ4n) is 2.34. The summed E-state index contributed by atoms with van der Waals surface area (Å²) in [4.78, 5) is 36.5. The molecule has 2 N–H and O–H groups in total. The van der Waals surface area contributed by atoms with E-state index in [4.69, 9.17) is 32.4 Å². The van der Waals surface area contributed by atoms with Gasteiger partial charge in [0.1, 0.15) is 0 Å². The first kappa shape index (κ1) is 20.4. The van der Waals surface area contributed by atoms with Gasteiger partial charge in [0.05, 0.1) is 27.6 Å². The van der Waals surface area contributed by atoms with Gasteiger partial charge in [-0.15, -0.1) is 0 Å². The first-order chi connectivity index (χ1) is 13.9. The van der Waals surface area contributed by atoms with E-state index >= 15 is 0 Å². The van der Waals surface area contributed by atoms with Crippen molar-refractivity contribution in [3.05, 3.63) is 82.2 Å². The number of rotatable bonds is 6. The maximum absolute atomic E-state index is 12.4. The summed E-state index contributed by atoms with van der Waals surface area (Å²) in [6, 6.07) is 13.9. The highest BCUT2D eigenvalue weighted by Gasteiger charge is 2.17.